The molecule has 0 aliphatic rings. The van der Waals surface area contributed by atoms with Crippen molar-refractivity contribution in [1.29, 1.82) is 0 Å². The van der Waals surface area contributed by atoms with Crippen molar-refractivity contribution in [3.05, 3.63) is 36.2 Å². The van der Waals surface area contributed by atoms with Gasteiger partial charge in [0.1, 0.15) is 0 Å². The number of hydrogen-bond donors (Lipinski definition) is 0. The third kappa shape index (κ3) is 31.1. The van der Waals surface area contributed by atoms with Gasteiger partial charge in [-0.2, -0.15) is 39.0 Å². The van der Waals surface area contributed by atoms with Gasteiger partial charge in [-0.15, -0.1) is 0 Å². The third-order valence-electron chi connectivity index (χ3n) is 0.556. The number of rotatable bonds is 0. The van der Waals surface area contributed by atoms with Crippen LogP contribution in [0.15, 0.2) is 30.3 Å². The molecule has 0 unspecified atom stereocenters. The van der Waals surface area contributed by atoms with Crippen LogP contribution in [0, 0.1) is 5.92 Å². The van der Waals surface area contributed by atoms with E-state index in [0.29, 0.717) is 0 Å². The first-order valence-corrected chi connectivity index (χ1v) is 3.17. The zero-order chi connectivity index (χ0) is 7.11. The van der Waals surface area contributed by atoms with Gasteiger partial charge in [0.05, 0.1) is 0 Å². The van der Waals surface area contributed by atoms with E-state index in [1.807, 2.05) is 30.3 Å². The summed E-state index contributed by atoms with van der Waals surface area (Å²) >= 11 is 0. The van der Waals surface area contributed by atoms with Gasteiger partial charge in [0.15, 0.2) is 0 Å². The van der Waals surface area contributed by atoms with Gasteiger partial charge in [-0.05, 0) is 0 Å². The standard InChI is InChI=1S/C5H5.C4H9.2ClH.Ti/c1-2-4-5-3-1;1-4(2)3;;;/h1-5H;1-3H3;2*1H;/q2*-1;;;+4/p-2. The van der Waals surface area contributed by atoms with E-state index in [0.717, 1.165) is 0 Å². The summed E-state index contributed by atoms with van der Waals surface area (Å²) in [6.07, 6.45) is 0. The zero-order valence-electron chi connectivity index (χ0n) is 7.64. The second-order valence-electron chi connectivity index (χ2n) is 2.46. The minimum atomic E-state index is 0. The molecule has 0 N–H and O–H groups in total. The largest absolute Gasteiger partial charge is 4.00 e. The van der Waals surface area contributed by atoms with Gasteiger partial charge in [0, 0.05) is 0 Å². The van der Waals surface area contributed by atoms with Crippen LogP contribution in [-0.4, -0.2) is 0 Å². The Kier molecular flexibility index (Phi) is 33.8. The van der Waals surface area contributed by atoms with E-state index in [2.05, 4.69) is 20.8 Å². The van der Waals surface area contributed by atoms with E-state index in [-0.39, 0.29) is 46.5 Å². The Morgan fingerprint density at radius 3 is 1.25 bits per heavy atom. The molecule has 0 bridgehead atoms. The second kappa shape index (κ2) is 17.7. The average Bonchev–Trinajstić information content (AvgIpc) is 2.11. The van der Waals surface area contributed by atoms with Gasteiger partial charge >= 0.3 is 21.7 Å². The van der Waals surface area contributed by atoms with Crippen LogP contribution in [-0.2, 0) is 21.7 Å². The molecule has 0 spiro atoms. The zero-order valence-corrected chi connectivity index (χ0v) is 10.7. The van der Waals surface area contributed by atoms with Crippen LogP contribution < -0.4 is 24.8 Å². The van der Waals surface area contributed by atoms with Crippen LogP contribution in [0.3, 0.4) is 0 Å². The maximum absolute atomic E-state index is 2.08. The summed E-state index contributed by atoms with van der Waals surface area (Å²) in [5, 5.41) is 0. The molecule has 0 saturated carbocycles. The molecule has 12 heavy (non-hydrogen) atoms. The van der Waals surface area contributed by atoms with Crippen molar-refractivity contribution in [3.8, 4) is 0 Å². The molecular weight excluding hydrogens is 227 g/mol. The Labute approximate surface area is 103 Å². The first kappa shape index (κ1) is 22.9. The molecule has 1 aromatic carbocycles. The molecule has 0 nitrogen and oxygen atoms in total. The first-order chi connectivity index (χ1) is 4.23. The Balaban J connectivity index is -0.0000000436. The van der Waals surface area contributed by atoms with Crippen LogP contribution in [0.4, 0.5) is 0 Å². The predicted octanol–water partition coefficient (Wildman–Crippen LogP) is -2.97. The molecule has 0 radical (unpaired) electrons. The summed E-state index contributed by atoms with van der Waals surface area (Å²) in [4.78, 5) is 0. The van der Waals surface area contributed by atoms with Crippen LogP contribution in [0.1, 0.15) is 20.8 Å². The van der Waals surface area contributed by atoms with E-state index < -0.39 is 0 Å². The smallest absolute Gasteiger partial charge is 1.00 e. The second-order valence-corrected chi connectivity index (χ2v) is 2.46. The van der Waals surface area contributed by atoms with Crippen molar-refractivity contribution in [1.82, 2.24) is 0 Å². The summed E-state index contributed by atoms with van der Waals surface area (Å²) in [5.74, 6) is 1.42. The molecular formula is C9H14Cl2Ti. The minimum absolute atomic E-state index is 0. The van der Waals surface area contributed by atoms with Crippen LogP contribution >= 0.6 is 0 Å². The first-order valence-electron chi connectivity index (χ1n) is 3.17. The molecule has 0 aromatic heterocycles. The summed E-state index contributed by atoms with van der Waals surface area (Å²) in [5.41, 5.74) is 0. The van der Waals surface area contributed by atoms with E-state index in [1.54, 1.807) is 0 Å². The molecule has 1 rings (SSSR count). The number of halogens is 2. The topological polar surface area (TPSA) is 0 Å². The molecule has 0 atom stereocenters. The third-order valence-corrected chi connectivity index (χ3v) is 0.556. The van der Waals surface area contributed by atoms with E-state index in [9.17, 15) is 0 Å². The maximum Gasteiger partial charge on any atom is 4.00 e. The minimum Gasteiger partial charge on any atom is -1.00 e. The molecule has 0 aliphatic carbocycles. The van der Waals surface area contributed by atoms with Crippen molar-refractivity contribution in [2.24, 2.45) is 0 Å². The number of hydrogen-bond acceptors (Lipinski definition) is 0. The van der Waals surface area contributed by atoms with Crippen molar-refractivity contribution in [3.63, 3.8) is 0 Å². The SMILES string of the molecule is C[C-](C)C.[Cl-].[Cl-].[Ti+4].c1cc[cH-]c1. The molecule has 0 heterocycles. The van der Waals surface area contributed by atoms with Gasteiger partial charge in [-0.3, -0.25) is 0 Å². The van der Waals surface area contributed by atoms with Crippen LogP contribution in [0.25, 0.3) is 0 Å². The van der Waals surface area contributed by atoms with Crippen molar-refractivity contribution >= 4 is 0 Å². The van der Waals surface area contributed by atoms with Crippen molar-refractivity contribution in [2.75, 3.05) is 0 Å². The Morgan fingerprint density at radius 1 is 0.917 bits per heavy atom. The molecule has 1 aromatic rings. The monoisotopic (exact) mass is 240 g/mol. The van der Waals surface area contributed by atoms with E-state index in [4.69, 9.17) is 0 Å². The van der Waals surface area contributed by atoms with Gasteiger partial charge in [0.2, 0.25) is 0 Å². The molecule has 0 saturated heterocycles. The summed E-state index contributed by atoms with van der Waals surface area (Å²) in [7, 11) is 0. The fourth-order valence-electron chi connectivity index (χ4n) is 0.321. The quantitative estimate of drug-likeness (QED) is 0.336. The maximum atomic E-state index is 2.08. The summed E-state index contributed by atoms with van der Waals surface area (Å²) in [6.45, 7) is 6.25. The Hall–Kier alpha value is 0.644. The normalized spacial score (nSPS) is 6.33. The fraction of sp³-hybridized carbons (Fsp3) is 0.333. The summed E-state index contributed by atoms with van der Waals surface area (Å²) in [6, 6.07) is 10.0. The van der Waals surface area contributed by atoms with Crippen LogP contribution in [0.2, 0.25) is 0 Å². The van der Waals surface area contributed by atoms with E-state index in [1.165, 1.54) is 5.92 Å². The van der Waals surface area contributed by atoms with Crippen LogP contribution in [0.5, 0.6) is 0 Å². The molecule has 0 fully saturated rings. The van der Waals surface area contributed by atoms with Gasteiger partial charge in [-0.25, -0.2) is 12.1 Å². The molecule has 0 aliphatic heterocycles. The van der Waals surface area contributed by atoms with Crippen molar-refractivity contribution < 1.29 is 46.5 Å². The van der Waals surface area contributed by atoms with E-state index >= 15 is 0 Å². The molecule has 3 heteroatoms. The molecule has 0 amide bonds. The predicted molar refractivity (Wildman–Crippen MR) is 42.3 cm³/mol. The molecule has 68 valence electrons. The van der Waals surface area contributed by atoms with Crippen molar-refractivity contribution in [2.45, 2.75) is 20.8 Å². The average molecular weight is 241 g/mol. The summed E-state index contributed by atoms with van der Waals surface area (Å²) < 4.78 is 0. The van der Waals surface area contributed by atoms with Gasteiger partial charge in [-0.1, -0.05) is 0 Å². The fourth-order valence-corrected chi connectivity index (χ4v) is 0.321. The Bertz CT molecular complexity index is 96.1. The van der Waals surface area contributed by atoms with Gasteiger partial charge < -0.3 is 30.7 Å². The Morgan fingerprint density at radius 2 is 1.17 bits per heavy atom. The van der Waals surface area contributed by atoms with Gasteiger partial charge in [0.25, 0.3) is 0 Å².